The highest BCUT2D eigenvalue weighted by Gasteiger charge is 2.28. The Morgan fingerprint density at radius 2 is 1.80 bits per heavy atom. The van der Waals surface area contributed by atoms with Gasteiger partial charge < -0.3 is 14.7 Å². The van der Waals surface area contributed by atoms with E-state index in [1.165, 1.54) is 0 Å². The second kappa shape index (κ2) is 8.25. The first-order valence-electron chi connectivity index (χ1n) is 7.86. The molecule has 0 amide bonds. The van der Waals surface area contributed by atoms with Gasteiger partial charge in [-0.1, -0.05) is 20.8 Å². The maximum atomic E-state index is 5.53. The van der Waals surface area contributed by atoms with Gasteiger partial charge in [-0.15, -0.1) is 0 Å². The standard InChI is InChI=1S/C15H30N4O/c1-7-10-16-12(6)13(11(4)5)14-17-15(18-20-14)19(8-2)9-3/h11-13,16H,7-10H2,1-6H3. The molecule has 0 saturated heterocycles. The van der Waals surface area contributed by atoms with Crippen molar-refractivity contribution in [2.75, 3.05) is 24.5 Å². The summed E-state index contributed by atoms with van der Waals surface area (Å²) in [6.45, 7) is 15.8. The second-order valence-corrected chi connectivity index (χ2v) is 5.62. The van der Waals surface area contributed by atoms with E-state index in [1.54, 1.807) is 0 Å². The molecule has 0 aliphatic heterocycles. The number of nitrogens with zero attached hydrogens (tertiary/aromatic N) is 3. The molecule has 1 aromatic rings. The van der Waals surface area contributed by atoms with Crippen molar-refractivity contribution in [2.45, 2.75) is 59.9 Å². The minimum Gasteiger partial charge on any atom is -0.339 e. The van der Waals surface area contributed by atoms with E-state index in [9.17, 15) is 0 Å². The van der Waals surface area contributed by atoms with Crippen LogP contribution in [0, 0.1) is 5.92 Å². The average molecular weight is 282 g/mol. The Bertz CT molecular complexity index is 374. The maximum Gasteiger partial charge on any atom is 0.266 e. The minimum atomic E-state index is 0.248. The SMILES string of the molecule is CCCNC(C)C(c1nc(N(CC)CC)no1)C(C)C. The lowest BCUT2D eigenvalue weighted by molar-refractivity contribution is 0.280. The molecule has 0 saturated carbocycles. The van der Waals surface area contributed by atoms with Gasteiger partial charge in [0.1, 0.15) is 0 Å². The number of anilines is 1. The lowest BCUT2D eigenvalue weighted by Crippen LogP contribution is -2.35. The Morgan fingerprint density at radius 1 is 1.15 bits per heavy atom. The van der Waals surface area contributed by atoms with Crippen LogP contribution in [0.3, 0.4) is 0 Å². The summed E-state index contributed by atoms with van der Waals surface area (Å²) in [6, 6.07) is 0.333. The van der Waals surface area contributed by atoms with Crippen LogP contribution in [-0.2, 0) is 0 Å². The monoisotopic (exact) mass is 282 g/mol. The summed E-state index contributed by atoms with van der Waals surface area (Å²) in [6.07, 6.45) is 1.13. The summed E-state index contributed by atoms with van der Waals surface area (Å²) in [5.41, 5.74) is 0. The van der Waals surface area contributed by atoms with Crippen molar-refractivity contribution in [3.05, 3.63) is 5.89 Å². The summed E-state index contributed by atoms with van der Waals surface area (Å²) in [5.74, 6) is 2.16. The van der Waals surface area contributed by atoms with E-state index in [1.807, 2.05) is 0 Å². The molecular weight excluding hydrogens is 252 g/mol. The van der Waals surface area contributed by atoms with Crippen molar-refractivity contribution in [1.82, 2.24) is 15.5 Å². The summed E-state index contributed by atoms with van der Waals surface area (Å²) in [4.78, 5) is 6.72. The van der Waals surface area contributed by atoms with Crippen LogP contribution in [0.15, 0.2) is 4.52 Å². The quantitative estimate of drug-likeness (QED) is 0.754. The van der Waals surface area contributed by atoms with Crippen LogP contribution >= 0.6 is 0 Å². The Morgan fingerprint density at radius 3 is 2.30 bits per heavy atom. The highest BCUT2D eigenvalue weighted by Crippen LogP contribution is 2.28. The van der Waals surface area contributed by atoms with Gasteiger partial charge in [0.15, 0.2) is 0 Å². The Labute approximate surface area is 123 Å². The lowest BCUT2D eigenvalue weighted by atomic mass is 9.89. The van der Waals surface area contributed by atoms with E-state index < -0.39 is 0 Å². The van der Waals surface area contributed by atoms with Crippen LogP contribution in [-0.4, -0.2) is 35.8 Å². The molecule has 2 unspecified atom stereocenters. The van der Waals surface area contributed by atoms with E-state index in [4.69, 9.17) is 4.52 Å². The molecule has 1 aromatic heterocycles. The molecule has 0 bridgehead atoms. The van der Waals surface area contributed by atoms with Gasteiger partial charge in [0.05, 0.1) is 5.92 Å². The first-order valence-corrected chi connectivity index (χ1v) is 7.86. The summed E-state index contributed by atoms with van der Waals surface area (Å²) in [5, 5.41) is 7.67. The van der Waals surface area contributed by atoms with E-state index in [0.29, 0.717) is 17.9 Å². The minimum absolute atomic E-state index is 0.248. The maximum absolute atomic E-state index is 5.53. The third-order valence-electron chi connectivity index (χ3n) is 3.74. The summed E-state index contributed by atoms with van der Waals surface area (Å²) >= 11 is 0. The van der Waals surface area contributed by atoms with Crippen LogP contribution < -0.4 is 10.2 Å². The summed E-state index contributed by atoms with van der Waals surface area (Å²) in [7, 11) is 0. The van der Waals surface area contributed by atoms with Gasteiger partial charge in [-0.25, -0.2) is 0 Å². The molecule has 1 heterocycles. The van der Waals surface area contributed by atoms with Gasteiger partial charge in [0.25, 0.3) is 5.95 Å². The van der Waals surface area contributed by atoms with E-state index >= 15 is 0 Å². The molecule has 0 aromatic carbocycles. The van der Waals surface area contributed by atoms with Crippen LogP contribution in [0.1, 0.15) is 59.8 Å². The number of aromatic nitrogens is 2. The van der Waals surface area contributed by atoms with Crippen LogP contribution in [0.5, 0.6) is 0 Å². The zero-order chi connectivity index (χ0) is 15.1. The molecule has 0 spiro atoms. The van der Waals surface area contributed by atoms with Gasteiger partial charge in [0.2, 0.25) is 5.89 Å². The zero-order valence-corrected chi connectivity index (χ0v) is 13.8. The molecule has 0 aliphatic rings. The Balaban J connectivity index is 2.87. The molecule has 0 radical (unpaired) electrons. The van der Waals surface area contributed by atoms with Crippen molar-refractivity contribution >= 4 is 5.95 Å². The van der Waals surface area contributed by atoms with Crippen molar-refractivity contribution in [3.63, 3.8) is 0 Å². The fraction of sp³-hybridized carbons (Fsp3) is 0.867. The topological polar surface area (TPSA) is 54.2 Å². The van der Waals surface area contributed by atoms with Crippen LogP contribution in [0.25, 0.3) is 0 Å². The summed E-state index contributed by atoms with van der Waals surface area (Å²) < 4.78 is 5.53. The molecule has 5 heteroatoms. The number of hydrogen-bond acceptors (Lipinski definition) is 5. The number of hydrogen-bond donors (Lipinski definition) is 1. The van der Waals surface area contributed by atoms with Gasteiger partial charge in [0, 0.05) is 19.1 Å². The van der Waals surface area contributed by atoms with Crippen LogP contribution in [0.4, 0.5) is 5.95 Å². The molecule has 116 valence electrons. The van der Waals surface area contributed by atoms with Crippen molar-refractivity contribution in [2.24, 2.45) is 5.92 Å². The van der Waals surface area contributed by atoms with E-state index in [-0.39, 0.29) is 5.92 Å². The average Bonchev–Trinajstić information content (AvgIpc) is 2.87. The first-order chi connectivity index (χ1) is 9.54. The molecule has 1 N–H and O–H groups in total. The first kappa shape index (κ1) is 17.0. The molecule has 1 rings (SSSR count). The van der Waals surface area contributed by atoms with Gasteiger partial charge in [-0.3, -0.25) is 0 Å². The Kier molecular flexibility index (Phi) is 6.99. The van der Waals surface area contributed by atoms with Crippen molar-refractivity contribution < 1.29 is 4.52 Å². The fourth-order valence-corrected chi connectivity index (χ4v) is 2.57. The Hall–Kier alpha value is -1.10. The molecule has 0 fully saturated rings. The molecule has 2 atom stereocenters. The largest absolute Gasteiger partial charge is 0.339 e. The van der Waals surface area contributed by atoms with Crippen LogP contribution in [0.2, 0.25) is 0 Å². The molecule has 5 nitrogen and oxygen atoms in total. The fourth-order valence-electron chi connectivity index (χ4n) is 2.57. The van der Waals surface area contributed by atoms with Gasteiger partial charge >= 0.3 is 0 Å². The lowest BCUT2D eigenvalue weighted by Gasteiger charge is -2.25. The van der Waals surface area contributed by atoms with Crippen molar-refractivity contribution in [1.29, 1.82) is 0 Å². The highest BCUT2D eigenvalue weighted by molar-refractivity contribution is 5.27. The normalized spacial score (nSPS) is 14.6. The van der Waals surface area contributed by atoms with Crippen molar-refractivity contribution in [3.8, 4) is 0 Å². The second-order valence-electron chi connectivity index (χ2n) is 5.62. The predicted molar refractivity (Wildman–Crippen MR) is 83.2 cm³/mol. The molecular formula is C15H30N4O. The molecule has 20 heavy (non-hydrogen) atoms. The van der Waals surface area contributed by atoms with Gasteiger partial charge in [-0.05, 0) is 44.8 Å². The molecule has 0 aliphatic carbocycles. The zero-order valence-electron chi connectivity index (χ0n) is 13.8. The third-order valence-corrected chi connectivity index (χ3v) is 3.74. The highest BCUT2D eigenvalue weighted by atomic mass is 16.5. The van der Waals surface area contributed by atoms with E-state index in [0.717, 1.165) is 31.9 Å². The van der Waals surface area contributed by atoms with E-state index in [2.05, 4.69) is 61.9 Å². The smallest absolute Gasteiger partial charge is 0.266 e. The third kappa shape index (κ3) is 4.20. The van der Waals surface area contributed by atoms with Gasteiger partial charge in [-0.2, -0.15) is 4.98 Å². The predicted octanol–water partition coefficient (Wildman–Crippen LogP) is 3.04. The number of rotatable bonds is 9. The number of nitrogens with one attached hydrogen (secondary N) is 1.